The average Bonchev–Trinajstić information content (AvgIpc) is 2.06. The summed E-state index contributed by atoms with van der Waals surface area (Å²) in [4.78, 5) is 3.96. The lowest BCUT2D eigenvalue weighted by molar-refractivity contribution is 0.962. The van der Waals surface area contributed by atoms with Crippen molar-refractivity contribution in [1.82, 2.24) is 4.98 Å². The smallest absolute Gasteiger partial charge is 0.113 e. The van der Waals surface area contributed by atoms with Gasteiger partial charge in [-0.15, -0.1) is 6.42 Å². The molecule has 0 saturated carbocycles. The lowest BCUT2D eigenvalue weighted by Gasteiger charge is -1.96. The number of rotatable bonds is 2. The molecule has 0 saturated heterocycles. The van der Waals surface area contributed by atoms with Gasteiger partial charge in [0.25, 0.3) is 0 Å². The quantitative estimate of drug-likeness (QED) is 0.619. The van der Waals surface area contributed by atoms with Gasteiger partial charge in [-0.05, 0) is 30.7 Å². The number of nitrogens with two attached hydrogens (primary N) is 1. The van der Waals surface area contributed by atoms with E-state index in [-0.39, 0.29) is 0 Å². The molecule has 11 heavy (non-hydrogen) atoms. The molecular formula is C9H10N2. The summed E-state index contributed by atoms with van der Waals surface area (Å²) in [6, 6.07) is 3.81. The number of terminal acetylenes is 1. The van der Waals surface area contributed by atoms with Crippen molar-refractivity contribution >= 4 is 0 Å². The van der Waals surface area contributed by atoms with Crippen molar-refractivity contribution in [3.8, 4) is 12.3 Å². The van der Waals surface area contributed by atoms with Crippen LogP contribution < -0.4 is 5.73 Å². The van der Waals surface area contributed by atoms with Gasteiger partial charge in [-0.2, -0.15) is 0 Å². The Kier molecular flexibility index (Phi) is 2.65. The standard InChI is InChI=1S/C9H10N2/c1-2-9-7-8(3-5-10)4-6-11-9/h1,4,6-7H,3,5,10H2. The van der Waals surface area contributed by atoms with Crippen molar-refractivity contribution in [2.24, 2.45) is 5.73 Å². The van der Waals surface area contributed by atoms with Crippen LogP contribution in [0.3, 0.4) is 0 Å². The summed E-state index contributed by atoms with van der Waals surface area (Å²) >= 11 is 0. The normalized spacial score (nSPS) is 9.09. The van der Waals surface area contributed by atoms with E-state index >= 15 is 0 Å². The Morgan fingerprint density at radius 1 is 1.64 bits per heavy atom. The Labute approximate surface area is 66.4 Å². The second-order valence-corrected chi connectivity index (χ2v) is 2.23. The third kappa shape index (κ3) is 2.06. The molecule has 0 aliphatic carbocycles. The van der Waals surface area contributed by atoms with E-state index < -0.39 is 0 Å². The van der Waals surface area contributed by atoms with Crippen LogP contribution in [-0.4, -0.2) is 11.5 Å². The third-order valence-electron chi connectivity index (χ3n) is 1.41. The zero-order valence-electron chi connectivity index (χ0n) is 6.25. The van der Waals surface area contributed by atoms with Gasteiger partial charge in [0.2, 0.25) is 0 Å². The second kappa shape index (κ2) is 3.75. The fourth-order valence-electron chi connectivity index (χ4n) is 0.875. The zero-order valence-corrected chi connectivity index (χ0v) is 6.25. The Balaban J connectivity index is 2.85. The first kappa shape index (κ1) is 7.77. The van der Waals surface area contributed by atoms with Crippen molar-refractivity contribution < 1.29 is 0 Å². The van der Waals surface area contributed by atoms with Crippen molar-refractivity contribution in [2.45, 2.75) is 6.42 Å². The van der Waals surface area contributed by atoms with Gasteiger partial charge in [0.05, 0.1) is 0 Å². The first-order valence-electron chi connectivity index (χ1n) is 3.48. The van der Waals surface area contributed by atoms with E-state index in [0.717, 1.165) is 12.0 Å². The molecule has 1 heterocycles. The van der Waals surface area contributed by atoms with Crippen LogP contribution >= 0.6 is 0 Å². The summed E-state index contributed by atoms with van der Waals surface area (Å²) in [5.41, 5.74) is 7.21. The van der Waals surface area contributed by atoms with Crippen LogP contribution in [0.2, 0.25) is 0 Å². The molecule has 1 aromatic rings. The molecular weight excluding hydrogens is 136 g/mol. The van der Waals surface area contributed by atoms with Gasteiger partial charge in [0.15, 0.2) is 0 Å². The summed E-state index contributed by atoms with van der Waals surface area (Å²) in [7, 11) is 0. The summed E-state index contributed by atoms with van der Waals surface area (Å²) < 4.78 is 0. The molecule has 0 aliphatic rings. The van der Waals surface area contributed by atoms with E-state index in [1.807, 2.05) is 12.1 Å². The van der Waals surface area contributed by atoms with E-state index in [1.165, 1.54) is 0 Å². The van der Waals surface area contributed by atoms with Crippen LogP contribution in [0, 0.1) is 12.3 Å². The van der Waals surface area contributed by atoms with Gasteiger partial charge in [-0.25, -0.2) is 4.98 Å². The molecule has 2 nitrogen and oxygen atoms in total. The third-order valence-corrected chi connectivity index (χ3v) is 1.41. The molecule has 1 rings (SSSR count). The number of aromatic nitrogens is 1. The summed E-state index contributed by atoms with van der Waals surface area (Å²) in [6.07, 6.45) is 7.74. The lowest BCUT2D eigenvalue weighted by atomic mass is 10.2. The molecule has 0 spiro atoms. The van der Waals surface area contributed by atoms with Crippen LogP contribution in [0.15, 0.2) is 18.3 Å². The Morgan fingerprint density at radius 2 is 2.45 bits per heavy atom. The van der Waals surface area contributed by atoms with E-state index in [4.69, 9.17) is 12.2 Å². The molecule has 0 atom stereocenters. The molecule has 0 radical (unpaired) electrons. The van der Waals surface area contributed by atoms with Gasteiger partial charge in [0, 0.05) is 6.20 Å². The summed E-state index contributed by atoms with van der Waals surface area (Å²) in [6.45, 7) is 0.647. The molecule has 2 heteroatoms. The van der Waals surface area contributed by atoms with Crippen molar-refractivity contribution in [2.75, 3.05) is 6.54 Å². The first-order chi connectivity index (χ1) is 5.36. The number of nitrogens with zero attached hydrogens (tertiary/aromatic N) is 1. The van der Waals surface area contributed by atoms with Crippen LogP contribution in [0.4, 0.5) is 0 Å². The van der Waals surface area contributed by atoms with Crippen molar-refractivity contribution in [3.63, 3.8) is 0 Å². The summed E-state index contributed by atoms with van der Waals surface area (Å²) in [5.74, 6) is 2.47. The van der Waals surface area contributed by atoms with E-state index in [0.29, 0.717) is 12.2 Å². The van der Waals surface area contributed by atoms with E-state index in [2.05, 4.69) is 10.9 Å². The fraction of sp³-hybridized carbons (Fsp3) is 0.222. The van der Waals surface area contributed by atoms with Gasteiger partial charge >= 0.3 is 0 Å². The Morgan fingerprint density at radius 3 is 3.09 bits per heavy atom. The maximum absolute atomic E-state index is 5.38. The lowest BCUT2D eigenvalue weighted by Crippen LogP contribution is -2.02. The van der Waals surface area contributed by atoms with E-state index in [9.17, 15) is 0 Å². The maximum atomic E-state index is 5.38. The molecule has 0 amide bonds. The minimum Gasteiger partial charge on any atom is -0.330 e. The van der Waals surface area contributed by atoms with Crippen LogP contribution in [-0.2, 0) is 6.42 Å². The van der Waals surface area contributed by atoms with Crippen LogP contribution in [0.5, 0.6) is 0 Å². The monoisotopic (exact) mass is 146 g/mol. The SMILES string of the molecule is C#Cc1cc(CCN)ccn1. The second-order valence-electron chi connectivity index (χ2n) is 2.23. The highest BCUT2D eigenvalue weighted by Crippen LogP contribution is 2.00. The minimum atomic E-state index is 0.647. The Bertz CT molecular complexity index is 273. The zero-order chi connectivity index (χ0) is 8.10. The molecule has 0 aliphatic heterocycles. The maximum Gasteiger partial charge on any atom is 0.113 e. The van der Waals surface area contributed by atoms with Crippen LogP contribution in [0.25, 0.3) is 0 Å². The molecule has 0 unspecified atom stereocenters. The highest BCUT2D eigenvalue weighted by Gasteiger charge is 1.92. The topological polar surface area (TPSA) is 38.9 Å². The fourth-order valence-corrected chi connectivity index (χ4v) is 0.875. The Hall–Kier alpha value is -1.33. The molecule has 2 N–H and O–H groups in total. The highest BCUT2D eigenvalue weighted by atomic mass is 14.6. The molecule has 0 aromatic carbocycles. The minimum absolute atomic E-state index is 0.647. The number of pyridine rings is 1. The van der Waals surface area contributed by atoms with Crippen LogP contribution in [0.1, 0.15) is 11.3 Å². The van der Waals surface area contributed by atoms with Crippen molar-refractivity contribution in [3.05, 3.63) is 29.6 Å². The number of hydrogen-bond acceptors (Lipinski definition) is 2. The van der Waals surface area contributed by atoms with E-state index in [1.54, 1.807) is 6.20 Å². The summed E-state index contributed by atoms with van der Waals surface area (Å²) in [5, 5.41) is 0. The number of hydrogen-bond donors (Lipinski definition) is 1. The first-order valence-corrected chi connectivity index (χ1v) is 3.48. The predicted octanol–water partition coefficient (Wildman–Crippen LogP) is 0.564. The molecule has 0 fully saturated rings. The average molecular weight is 146 g/mol. The largest absolute Gasteiger partial charge is 0.330 e. The van der Waals surface area contributed by atoms with Gasteiger partial charge in [-0.3, -0.25) is 0 Å². The molecule has 56 valence electrons. The van der Waals surface area contributed by atoms with Gasteiger partial charge in [0.1, 0.15) is 5.69 Å². The predicted molar refractivity (Wildman–Crippen MR) is 44.9 cm³/mol. The molecule has 1 aromatic heterocycles. The highest BCUT2D eigenvalue weighted by molar-refractivity contribution is 5.28. The van der Waals surface area contributed by atoms with Crippen molar-refractivity contribution in [1.29, 1.82) is 0 Å². The molecule has 0 bridgehead atoms. The van der Waals surface area contributed by atoms with Gasteiger partial charge < -0.3 is 5.73 Å². The van der Waals surface area contributed by atoms with Gasteiger partial charge in [-0.1, -0.05) is 5.92 Å².